The maximum absolute atomic E-state index is 12.7. The molecular formula is C12H15F3N2O3S. The Morgan fingerprint density at radius 2 is 2.05 bits per heavy atom. The highest BCUT2D eigenvalue weighted by Crippen LogP contribution is 2.37. The Morgan fingerprint density at radius 1 is 1.43 bits per heavy atom. The minimum absolute atomic E-state index is 0.175. The van der Waals surface area contributed by atoms with Gasteiger partial charge in [0.15, 0.2) is 5.60 Å². The zero-order chi connectivity index (χ0) is 16.0. The number of thiazole rings is 1. The maximum atomic E-state index is 12.7. The Morgan fingerprint density at radius 3 is 2.48 bits per heavy atom. The van der Waals surface area contributed by atoms with Crippen LogP contribution in [0.2, 0.25) is 0 Å². The molecule has 1 aliphatic rings. The molecule has 0 bridgehead atoms. The van der Waals surface area contributed by atoms with Crippen molar-refractivity contribution in [2.45, 2.75) is 38.6 Å². The van der Waals surface area contributed by atoms with E-state index in [9.17, 15) is 27.9 Å². The second-order valence-corrected chi connectivity index (χ2v) is 6.36. The van der Waals surface area contributed by atoms with Gasteiger partial charge in [0.05, 0.1) is 6.54 Å². The van der Waals surface area contributed by atoms with Crippen LogP contribution in [0.1, 0.15) is 17.0 Å². The molecule has 1 N–H and O–H groups in total. The summed E-state index contributed by atoms with van der Waals surface area (Å²) < 4.78 is 39.3. The molecule has 21 heavy (non-hydrogen) atoms. The summed E-state index contributed by atoms with van der Waals surface area (Å²) in [6.07, 6.45) is -5.31. The fourth-order valence-electron chi connectivity index (χ4n) is 2.24. The van der Waals surface area contributed by atoms with Crippen LogP contribution in [0.4, 0.5) is 13.2 Å². The van der Waals surface area contributed by atoms with Crippen LogP contribution in [0, 0.1) is 13.8 Å². The number of carbonyl (C=O) groups excluding carboxylic acids is 1. The molecule has 1 amide bonds. The molecule has 2 heterocycles. The highest BCUT2D eigenvalue weighted by atomic mass is 32.1. The van der Waals surface area contributed by atoms with Crippen molar-refractivity contribution >= 4 is 17.2 Å². The van der Waals surface area contributed by atoms with Crippen molar-refractivity contribution in [1.82, 2.24) is 9.47 Å². The van der Waals surface area contributed by atoms with E-state index in [-0.39, 0.29) is 18.0 Å². The number of carbonyl (C=O) groups is 1. The number of hydrogen-bond donors (Lipinski definition) is 1. The third-order valence-electron chi connectivity index (χ3n) is 3.80. The summed E-state index contributed by atoms with van der Waals surface area (Å²) in [4.78, 5) is 25.1. The smallest absolute Gasteiger partial charge is 0.379 e. The first-order valence-electron chi connectivity index (χ1n) is 6.29. The molecule has 0 spiro atoms. The molecule has 0 aromatic carbocycles. The Bertz CT molecular complexity index is 622. The van der Waals surface area contributed by atoms with E-state index in [4.69, 9.17) is 0 Å². The number of nitrogens with zero attached hydrogens (tertiary/aromatic N) is 2. The van der Waals surface area contributed by atoms with Gasteiger partial charge in [-0.15, -0.1) is 0 Å². The van der Waals surface area contributed by atoms with Crippen LogP contribution < -0.4 is 4.87 Å². The highest BCUT2D eigenvalue weighted by Gasteiger charge is 2.57. The Kier molecular flexibility index (Phi) is 3.92. The van der Waals surface area contributed by atoms with Gasteiger partial charge in [0, 0.05) is 23.5 Å². The number of aromatic nitrogens is 1. The molecular weight excluding hydrogens is 309 g/mol. The van der Waals surface area contributed by atoms with Gasteiger partial charge in [0.2, 0.25) is 5.91 Å². The first kappa shape index (κ1) is 16.0. The molecule has 1 aromatic rings. The number of halogens is 3. The van der Waals surface area contributed by atoms with E-state index >= 15 is 0 Å². The molecule has 1 aromatic heterocycles. The number of aryl methyl sites for hydroxylation is 1. The third-order valence-corrected chi connectivity index (χ3v) is 4.79. The molecule has 2 rings (SSSR count). The first-order chi connectivity index (χ1) is 9.55. The Balaban J connectivity index is 2.11. The summed E-state index contributed by atoms with van der Waals surface area (Å²) in [6.45, 7) is 2.15. The van der Waals surface area contributed by atoms with Crippen LogP contribution in [-0.2, 0) is 11.3 Å². The second kappa shape index (κ2) is 5.13. The van der Waals surface area contributed by atoms with Crippen LogP contribution >= 0.6 is 11.3 Å². The van der Waals surface area contributed by atoms with Crippen LogP contribution in [0.5, 0.6) is 0 Å². The topological polar surface area (TPSA) is 62.5 Å². The predicted octanol–water partition coefficient (Wildman–Crippen LogP) is 1.05. The molecule has 0 saturated carbocycles. The molecule has 1 fully saturated rings. The number of aliphatic hydroxyl groups is 1. The Labute approximate surface area is 122 Å². The molecule has 1 atom stereocenters. The summed E-state index contributed by atoms with van der Waals surface area (Å²) in [5.74, 6) is -0.599. The van der Waals surface area contributed by atoms with E-state index < -0.39 is 30.7 Å². The summed E-state index contributed by atoms with van der Waals surface area (Å²) in [5.41, 5.74) is -2.23. The van der Waals surface area contributed by atoms with Crippen LogP contribution in [-0.4, -0.2) is 45.3 Å². The van der Waals surface area contributed by atoms with Gasteiger partial charge >= 0.3 is 11.0 Å². The molecule has 118 valence electrons. The summed E-state index contributed by atoms with van der Waals surface area (Å²) >= 11 is 0.992. The van der Waals surface area contributed by atoms with Gasteiger partial charge in [-0.05, 0) is 13.8 Å². The van der Waals surface area contributed by atoms with Crippen LogP contribution in [0.3, 0.4) is 0 Å². The SMILES string of the molecule is Cc1sc(=O)n(CC(=O)N2CCC(O)(C(F)(F)F)C2)c1C. The van der Waals surface area contributed by atoms with Crippen molar-refractivity contribution < 1.29 is 23.1 Å². The van der Waals surface area contributed by atoms with Gasteiger partial charge < -0.3 is 10.0 Å². The van der Waals surface area contributed by atoms with E-state index in [1.165, 1.54) is 4.57 Å². The Hall–Kier alpha value is -1.35. The maximum Gasteiger partial charge on any atom is 0.419 e. The molecule has 1 saturated heterocycles. The lowest BCUT2D eigenvalue weighted by Gasteiger charge is -2.26. The fourth-order valence-corrected chi connectivity index (χ4v) is 3.07. The molecule has 0 radical (unpaired) electrons. The van der Waals surface area contributed by atoms with Crippen molar-refractivity contribution in [3.05, 3.63) is 20.2 Å². The largest absolute Gasteiger partial charge is 0.419 e. The minimum atomic E-state index is -4.77. The first-order valence-corrected chi connectivity index (χ1v) is 7.10. The van der Waals surface area contributed by atoms with Gasteiger partial charge in [-0.3, -0.25) is 14.2 Å². The third kappa shape index (κ3) is 2.84. The van der Waals surface area contributed by atoms with Gasteiger partial charge in [0.1, 0.15) is 6.54 Å². The van der Waals surface area contributed by atoms with Gasteiger partial charge in [-0.1, -0.05) is 11.3 Å². The monoisotopic (exact) mass is 324 g/mol. The van der Waals surface area contributed by atoms with Crippen LogP contribution in [0.25, 0.3) is 0 Å². The zero-order valence-corrected chi connectivity index (χ0v) is 12.3. The molecule has 1 unspecified atom stereocenters. The molecule has 5 nitrogen and oxygen atoms in total. The zero-order valence-electron chi connectivity index (χ0n) is 11.5. The van der Waals surface area contributed by atoms with Crippen molar-refractivity contribution in [3.8, 4) is 0 Å². The number of rotatable bonds is 2. The predicted molar refractivity (Wildman–Crippen MR) is 70.3 cm³/mol. The standard InChI is InChI=1S/C12H15F3N2O3S/c1-7-8(2)21-10(19)17(7)5-9(18)16-4-3-11(20,6-16)12(13,14)15/h20H,3-6H2,1-2H3. The lowest BCUT2D eigenvalue weighted by molar-refractivity contribution is -0.253. The number of amides is 1. The van der Waals surface area contributed by atoms with Crippen molar-refractivity contribution in [2.75, 3.05) is 13.1 Å². The highest BCUT2D eigenvalue weighted by molar-refractivity contribution is 7.09. The van der Waals surface area contributed by atoms with E-state index in [1.54, 1.807) is 13.8 Å². The number of likely N-dealkylation sites (tertiary alicyclic amines) is 1. The molecule has 0 aliphatic carbocycles. The van der Waals surface area contributed by atoms with Gasteiger partial charge in [0.25, 0.3) is 0 Å². The number of alkyl halides is 3. The van der Waals surface area contributed by atoms with E-state index in [0.717, 1.165) is 21.1 Å². The lowest BCUT2D eigenvalue weighted by atomic mass is 10.0. The average molecular weight is 324 g/mol. The van der Waals surface area contributed by atoms with Crippen molar-refractivity contribution in [1.29, 1.82) is 0 Å². The molecule has 1 aliphatic heterocycles. The summed E-state index contributed by atoms with van der Waals surface area (Å²) in [5, 5.41) is 9.54. The van der Waals surface area contributed by atoms with Crippen molar-refractivity contribution in [2.24, 2.45) is 0 Å². The average Bonchev–Trinajstić information content (AvgIpc) is 2.86. The quantitative estimate of drug-likeness (QED) is 0.885. The summed E-state index contributed by atoms with van der Waals surface area (Å²) in [7, 11) is 0. The van der Waals surface area contributed by atoms with E-state index in [0.29, 0.717) is 5.69 Å². The molecule has 9 heteroatoms. The van der Waals surface area contributed by atoms with Crippen molar-refractivity contribution in [3.63, 3.8) is 0 Å². The van der Waals surface area contributed by atoms with E-state index in [1.807, 2.05) is 0 Å². The van der Waals surface area contributed by atoms with E-state index in [2.05, 4.69) is 0 Å². The normalized spacial score (nSPS) is 22.9. The van der Waals surface area contributed by atoms with Gasteiger partial charge in [-0.2, -0.15) is 13.2 Å². The van der Waals surface area contributed by atoms with Gasteiger partial charge in [-0.25, -0.2) is 0 Å². The summed E-state index contributed by atoms with van der Waals surface area (Å²) in [6, 6.07) is 0. The lowest BCUT2D eigenvalue weighted by Crippen LogP contribution is -2.48. The van der Waals surface area contributed by atoms with Crippen LogP contribution in [0.15, 0.2) is 4.79 Å². The number of hydrogen-bond acceptors (Lipinski definition) is 4. The second-order valence-electron chi connectivity index (χ2n) is 5.19. The fraction of sp³-hybridized carbons (Fsp3) is 0.667. The minimum Gasteiger partial charge on any atom is -0.379 e. The number of β-amino-alcohol motifs (C(OH)–C–C–N with tert-alkyl or cyclic N) is 1.